The molecule has 68 heavy (non-hydrogen) atoms. The molecule has 1 N–H and O–H groups in total. The normalized spacial score (nSPS) is 51.5. The van der Waals surface area contributed by atoms with E-state index in [-0.39, 0.29) is 67.1 Å². The van der Waals surface area contributed by atoms with Crippen molar-refractivity contribution in [3.8, 4) is 11.5 Å². The lowest BCUT2D eigenvalue weighted by Crippen LogP contribution is -2.71. The number of carbonyl (C=O) groups is 3. The maximum absolute atomic E-state index is 14.9. The maximum Gasteiger partial charge on any atom is 0.317 e. The summed E-state index contributed by atoms with van der Waals surface area (Å²) in [5.74, 6) is -0.504. The third-order valence-corrected chi connectivity index (χ3v) is 25.1. The summed E-state index contributed by atoms with van der Waals surface area (Å²) >= 11 is 0. The number of ketones is 1. The Balaban J connectivity index is 0.946. The molecule has 16 unspecified atom stereocenters. The number of allylic oxidation sites excluding steroid dienone is 2. The molecule has 0 spiro atoms. The third-order valence-electron chi connectivity index (χ3n) is 25.1. The monoisotopic (exact) mass is 931 g/mol. The fourth-order valence-electron chi connectivity index (χ4n) is 19.8. The van der Waals surface area contributed by atoms with Gasteiger partial charge in [0.05, 0.1) is 25.0 Å². The Hall–Kier alpha value is -3.39. The minimum absolute atomic E-state index is 0.0114. The van der Waals surface area contributed by atoms with Crippen molar-refractivity contribution in [1.82, 2.24) is 0 Å². The highest BCUT2D eigenvalue weighted by atomic mass is 16.7. The Morgan fingerprint density at radius 2 is 1.13 bits per heavy atom. The largest absolute Gasteiger partial charge is 0.471 e. The summed E-state index contributed by atoms with van der Waals surface area (Å²) in [6.45, 7) is 28.2. The predicted molar refractivity (Wildman–Crippen MR) is 264 cm³/mol. The van der Waals surface area contributed by atoms with Crippen LogP contribution in [0.25, 0.3) is 6.08 Å². The van der Waals surface area contributed by atoms with Crippen molar-refractivity contribution < 1.29 is 38.4 Å². The van der Waals surface area contributed by atoms with E-state index in [9.17, 15) is 19.5 Å². The first-order valence-corrected chi connectivity index (χ1v) is 26.7. The van der Waals surface area contributed by atoms with Crippen molar-refractivity contribution in [2.75, 3.05) is 14.2 Å². The third kappa shape index (κ3) is 5.31. The smallest absolute Gasteiger partial charge is 0.317 e. The zero-order valence-corrected chi connectivity index (χ0v) is 44.1. The number of aliphatic hydroxyl groups is 1. The van der Waals surface area contributed by atoms with Crippen molar-refractivity contribution in [2.24, 2.45) is 72.4 Å². The molecule has 1 aromatic carbocycles. The van der Waals surface area contributed by atoms with Crippen molar-refractivity contribution in [3.63, 3.8) is 0 Å². The van der Waals surface area contributed by atoms with Gasteiger partial charge in [-0.05, 0) is 214 Å². The highest BCUT2D eigenvalue weighted by molar-refractivity contribution is 6.02. The first-order chi connectivity index (χ1) is 31.6. The lowest BCUT2D eigenvalue weighted by molar-refractivity contribution is -0.236. The Bertz CT molecular complexity index is 2550. The molecule has 0 bridgehead atoms. The second-order valence-electron chi connectivity index (χ2n) is 27.8. The Labute approximate surface area is 407 Å². The molecule has 11 rings (SSSR count). The van der Waals surface area contributed by atoms with Crippen LogP contribution in [0.15, 0.2) is 35.4 Å². The van der Waals surface area contributed by atoms with Gasteiger partial charge in [0, 0.05) is 16.6 Å². The first-order valence-electron chi connectivity index (χ1n) is 26.7. The molecule has 8 heteroatoms. The van der Waals surface area contributed by atoms with Gasteiger partial charge in [-0.25, -0.2) is 0 Å². The van der Waals surface area contributed by atoms with Crippen LogP contribution < -0.4 is 9.47 Å². The van der Waals surface area contributed by atoms with Crippen molar-refractivity contribution in [2.45, 2.75) is 196 Å². The lowest BCUT2D eigenvalue weighted by Gasteiger charge is -2.72. The molecule has 6 saturated carbocycles. The molecule has 6 fully saturated rings. The van der Waals surface area contributed by atoms with Crippen LogP contribution >= 0.6 is 0 Å². The number of carbonyl (C=O) groups excluding carboxylic acids is 3. The zero-order valence-electron chi connectivity index (χ0n) is 44.1. The molecular formula is C60H82O8. The second-order valence-corrected chi connectivity index (χ2v) is 27.8. The zero-order chi connectivity index (χ0) is 49.1. The molecule has 1 heterocycles. The summed E-state index contributed by atoms with van der Waals surface area (Å²) in [4.78, 5) is 41.6. The van der Waals surface area contributed by atoms with E-state index >= 15 is 0 Å². The average Bonchev–Trinajstić information content (AvgIpc) is 3.29. The summed E-state index contributed by atoms with van der Waals surface area (Å²) in [7, 11) is 3.08. The van der Waals surface area contributed by atoms with Gasteiger partial charge in [-0.15, -0.1) is 0 Å². The molecule has 16 atom stereocenters. The summed E-state index contributed by atoms with van der Waals surface area (Å²) in [6, 6.07) is 2.22. The molecule has 0 radical (unpaired) electrons. The molecular weight excluding hydrogens is 849 g/mol. The van der Waals surface area contributed by atoms with Crippen LogP contribution in [-0.4, -0.2) is 48.4 Å². The van der Waals surface area contributed by atoms with E-state index in [1.54, 1.807) is 13.2 Å². The molecule has 0 saturated heterocycles. The van der Waals surface area contributed by atoms with Crippen LogP contribution in [0.4, 0.5) is 0 Å². The number of ether oxygens (including phenoxy) is 4. The minimum atomic E-state index is -2.24. The van der Waals surface area contributed by atoms with E-state index < -0.39 is 28.0 Å². The van der Waals surface area contributed by atoms with E-state index in [0.717, 1.165) is 119 Å². The molecule has 9 aliphatic carbocycles. The van der Waals surface area contributed by atoms with Crippen molar-refractivity contribution >= 4 is 23.8 Å². The van der Waals surface area contributed by atoms with Gasteiger partial charge in [-0.3, -0.25) is 14.4 Å². The van der Waals surface area contributed by atoms with E-state index in [1.807, 2.05) is 6.92 Å². The Morgan fingerprint density at radius 1 is 0.632 bits per heavy atom. The van der Waals surface area contributed by atoms with Gasteiger partial charge < -0.3 is 24.1 Å². The number of hydrogen-bond acceptors (Lipinski definition) is 8. The Morgan fingerprint density at radius 3 is 1.71 bits per heavy atom. The van der Waals surface area contributed by atoms with Crippen LogP contribution in [0.3, 0.4) is 0 Å². The first kappa shape index (κ1) is 47.0. The van der Waals surface area contributed by atoms with E-state index in [1.165, 1.54) is 12.7 Å². The Kier molecular flexibility index (Phi) is 9.50. The fourth-order valence-corrected chi connectivity index (χ4v) is 19.8. The van der Waals surface area contributed by atoms with Gasteiger partial charge in [0.25, 0.3) is 0 Å². The maximum atomic E-state index is 14.9. The van der Waals surface area contributed by atoms with Gasteiger partial charge in [0.1, 0.15) is 0 Å². The number of hydrogen-bond donors (Lipinski definition) is 1. The predicted octanol–water partition coefficient (Wildman–Crippen LogP) is 12.7. The summed E-state index contributed by atoms with van der Waals surface area (Å²) in [6.07, 6.45) is 23.6. The van der Waals surface area contributed by atoms with Crippen molar-refractivity contribution in [1.29, 1.82) is 0 Å². The standard InChI is InChI=1S/C60H82O8/c1-35-36-15-17-41-53(6,25-29-57(10)43-33-51(4,47(62)65-13)21-19-49(43,2)23-27-55(41,57)8)38(36)31-40-46(35)68-60(64)45(61)32-39-37(59(60,12)67-40)16-18-42-54(39,7)26-30-58(11)44-34-52(5,48(63)66-14)22-20-50(44,3)24-28-56(42,58)9/h15-17,31-32,41-44,64H,18-30,33-34H2,1-14H3. The SMILES string of the molecule is COC(=O)C1(C)CCC2(C)CCC3(C)C4CC=C5C(=CC(=O)C6(O)Oc7c(cc8c(c7C)C=CC7C8(C)CCC8(C)C9CC(C)(C(=O)OC)CCC9(C)CCC78C)OC56C)C4(C)CCC3(C)C2C1. The fraction of sp³-hybridized carbons (Fsp3) is 0.750. The van der Waals surface area contributed by atoms with Gasteiger partial charge >= 0.3 is 17.7 Å². The quantitative estimate of drug-likeness (QED) is 0.292. The molecule has 1 aromatic rings. The molecule has 8 nitrogen and oxygen atoms in total. The number of benzene rings is 1. The molecule has 10 aliphatic rings. The van der Waals surface area contributed by atoms with Crippen LogP contribution in [0.1, 0.15) is 189 Å². The van der Waals surface area contributed by atoms with Gasteiger partial charge in [0.2, 0.25) is 11.4 Å². The van der Waals surface area contributed by atoms with E-state index in [4.69, 9.17) is 18.9 Å². The highest BCUT2D eigenvalue weighted by Crippen LogP contribution is 2.78. The van der Waals surface area contributed by atoms with Crippen LogP contribution in [-0.2, 0) is 29.3 Å². The van der Waals surface area contributed by atoms with Gasteiger partial charge in [0.15, 0.2) is 11.5 Å². The molecule has 0 aromatic heterocycles. The van der Waals surface area contributed by atoms with Crippen LogP contribution in [0.2, 0.25) is 0 Å². The van der Waals surface area contributed by atoms with E-state index in [2.05, 4.69) is 100 Å². The minimum Gasteiger partial charge on any atom is -0.471 e. The number of rotatable bonds is 2. The van der Waals surface area contributed by atoms with Crippen LogP contribution in [0.5, 0.6) is 11.5 Å². The van der Waals surface area contributed by atoms with E-state index in [0.29, 0.717) is 23.3 Å². The average molecular weight is 931 g/mol. The molecule has 0 amide bonds. The number of fused-ring (bicyclic) bond motifs is 17. The molecule has 370 valence electrons. The topological polar surface area (TPSA) is 108 Å². The lowest BCUT2D eigenvalue weighted by atomic mass is 9.32. The summed E-state index contributed by atoms with van der Waals surface area (Å²) in [5.41, 5.74) is 2.45. The number of methoxy groups -OCH3 is 2. The summed E-state index contributed by atoms with van der Waals surface area (Å²) in [5, 5.41) is 12.8. The highest BCUT2D eigenvalue weighted by Gasteiger charge is 2.73. The van der Waals surface area contributed by atoms with Crippen LogP contribution in [0, 0.1) is 79.3 Å². The summed E-state index contributed by atoms with van der Waals surface area (Å²) < 4.78 is 25.0. The van der Waals surface area contributed by atoms with Gasteiger partial charge in [-0.1, -0.05) is 73.6 Å². The number of esters is 2. The van der Waals surface area contributed by atoms with Crippen molar-refractivity contribution in [3.05, 3.63) is 52.1 Å². The van der Waals surface area contributed by atoms with Gasteiger partial charge in [-0.2, -0.15) is 0 Å². The molecule has 1 aliphatic heterocycles. The second kappa shape index (κ2) is 13.8.